The van der Waals surface area contributed by atoms with Gasteiger partial charge < -0.3 is 10.1 Å². The third kappa shape index (κ3) is 3.12. The van der Waals surface area contributed by atoms with E-state index < -0.39 is 0 Å². The van der Waals surface area contributed by atoms with Gasteiger partial charge in [-0.1, -0.05) is 30.9 Å². The third-order valence-electron chi connectivity index (χ3n) is 4.77. The maximum atomic E-state index is 6.27. The average Bonchev–Trinajstić information content (AvgIpc) is 2.78. The molecule has 1 heterocycles. The summed E-state index contributed by atoms with van der Waals surface area (Å²) in [5.74, 6) is 1.88. The molecule has 3 heteroatoms. The molecular weight excluding hydrogens is 270 g/mol. The van der Waals surface area contributed by atoms with Crippen LogP contribution in [0.3, 0.4) is 0 Å². The molecule has 1 aliphatic heterocycles. The quantitative estimate of drug-likeness (QED) is 0.851. The first-order valence-corrected chi connectivity index (χ1v) is 8.25. The van der Waals surface area contributed by atoms with E-state index in [4.69, 9.17) is 16.3 Å². The SMILES string of the molecule is CNC1CCCCC(Cc2cc(Cl)cc3c2OCC3)C1. The highest BCUT2D eigenvalue weighted by molar-refractivity contribution is 6.30. The topological polar surface area (TPSA) is 21.3 Å². The molecule has 3 rings (SSSR count). The molecule has 1 aromatic rings. The van der Waals surface area contributed by atoms with Gasteiger partial charge in [-0.3, -0.25) is 0 Å². The van der Waals surface area contributed by atoms with Crippen LogP contribution in [0.5, 0.6) is 5.75 Å². The second-order valence-corrected chi connectivity index (χ2v) is 6.66. The van der Waals surface area contributed by atoms with Crippen LogP contribution in [0, 0.1) is 5.92 Å². The Labute approximate surface area is 126 Å². The van der Waals surface area contributed by atoms with E-state index in [0.29, 0.717) is 6.04 Å². The van der Waals surface area contributed by atoms with Crippen molar-refractivity contribution < 1.29 is 4.74 Å². The maximum Gasteiger partial charge on any atom is 0.125 e. The van der Waals surface area contributed by atoms with Crippen LogP contribution >= 0.6 is 11.6 Å². The highest BCUT2D eigenvalue weighted by atomic mass is 35.5. The Kier molecular flexibility index (Phi) is 4.52. The molecule has 2 nitrogen and oxygen atoms in total. The van der Waals surface area contributed by atoms with Gasteiger partial charge in [-0.2, -0.15) is 0 Å². The fourth-order valence-corrected chi connectivity index (χ4v) is 3.98. The van der Waals surface area contributed by atoms with Crippen molar-refractivity contribution >= 4 is 11.6 Å². The van der Waals surface area contributed by atoms with Gasteiger partial charge in [0.05, 0.1) is 6.61 Å². The van der Waals surface area contributed by atoms with Gasteiger partial charge in [0.25, 0.3) is 0 Å². The van der Waals surface area contributed by atoms with Crippen LogP contribution in [0.2, 0.25) is 5.02 Å². The first-order valence-electron chi connectivity index (χ1n) is 7.87. The Morgan fingerprint density at radius 3 is 3.00 bits per heavy atom. The van der Waals surface area contributed by atoms with Gasteiger partial charge in [0, 0.05) is 17.5 Å². The zero-order chi connectivity index (χ0) is 13.9. The Balaban J connectivity index is 1.77. The third-order valence-corrected chi connectivity index (χ3v) is 4.99. The molecule has 110 valence electrons. The van der Waals surface area contributed by atoms with Gasteiger partial charge in [0.15, 0.2) is 0 Å². The molecule has 1 saturated carbocycles. The minimum absolute atomic E-state index is 0.677. The zero-order valence-electron chi connectivity index (χ0n) is 12.3. The van der Waals surface area contributed by atoms with Gasteiger partial charge in [0.2, 0.25) is 0 Å². The summed E-state index contributed by atoms with van der Waals surface area (Å²) < 4.78 is 5.84. The standard InChI is InChI=1S/C17H24ClNO/c1-19-16-5-3-2-4-12(9-16)8-14-11-15(18)10-13-6-7-20-17(13)14/h10-12,16,19H,2-9H2,1H3. The van der Waals surface area contributed by atoms with Crippen molar-refractivity contribution in [1.29, 1.82) is 0 Å². The molecule has 0 amide bonds. The van der Waals surface area contributed by atoms with Crippen molar-refractivity contribution in [2.75, 3.05) is 13.7 Å². The van der Waals surface area contributed by atoms with Crippen LogP contribution in [0.4, 0.5) is 0 Å². The van der Waals surface area contributed by atoms with Gasteiger partial charge in [0.1, 0.15) is 5.75 Å². The van der Waals surface area contributed by atoms with E-state index >= 15 is 0 Å². The van der Waals surface area contributed by atoms with Crippen LogP contribution in [0.1, 0.15) is 43.2 Å². The van der Waals surface area contributed by atoms with Crippen LogP contribution < -0.4 is 10.1 Å². The Morgan fingerprint density at radius 2 is 2.15 bits per heavy atom. The minimum Gasteiger partial charge on any atom is -0.493 e. The molecule has 0 bridgehead atoms. The van der Waals surface area contributed by atoms with E-state index in [-0.39, 0.29) is 0 Å². The lowest BCUT2D eigenvalue weighted by molar-refractivity contribution is 0.346. The summed E-state index contributed by atoms with van der Waals surface area (Å²) in [6.07, 6.45) is 8.75. The number of nitrogens with one attached hydrogen (secondary N) is 1. The fourth-order valence-electron chi connectivity index (χ4n) is 3.72. The van der Waals surface area contributed by atoms with Crippen LogP contribution in [-0.4, -0.2) is 19.7 Å². The highest BCUT2D eigenvalue weighted by Gasteiger charge is 2.23. The molecule has 2 aliphatic rings. The lowest BCUT2D eigenvalue weighted by Crippen LogP contribution is -2.26. The summed E-state index contributed by atoms with van der Waals surface area (Å²) in [5.41, 5.74) is 2.62. The molecule has 1 fully saturated rings. The van der Waals surface area contributed by atoms with E-state index in [9.17, 15) is 0 Å². The lowest BCUT2D eigenvalue weighted by Gasteiger charge is -2.20. The predicted molar refractivity (Wildman–Crippen MR) is 83.8 cm³/mol. The van der Waals surface area contributed by atoms with Gasteiger partial charge in [-0.15, -0.1) is 0 Å². The largest absolute Gasteiger partial charge is 0.493 e. The average molecular weight is 294 g/mol. The number of hydrogen-bond donors (Lipinski definition) is 1. The number of benzene rings is 1. The Hall–Kier alpha value is -0.730. The van der Waals surface area contributed by atoms with Crippen molar-refractivity contribution in [3.8, 4) is 5.75 Å². The van der Waals surface area contributed by atoms with E-state index in [2.05, 4.69) is 24.5 Å². The van der Waals surface area contributed by atoms with Crippen LogP contribution in [0.15, 0.2) is 12.1 Å². The Morgan fingerprint density at radius 1 is 1.30 bits per heavy atom. The van der Waals surface area contributed by atoms with Gasteiger partial charge in [-0.05, 0) is 55.5 Å². The molecular formula is C17H24ClNO. The highest BCUT2D eigenvalue weighted by Crippen LogP contribution is 2.36. The minimum atomic E-state index is 0.677. The summed E-state index contributed by atoms with van der Waals surface area (Å²) in [7, 11) is 2.09. The van der Waals surface area contributed by atoms with E-state index in [1.807, 2.05) is 0 Å². The van der Waals surface area contributed by atoms with Crippen molar-refractivity contribution in [1.82, 2.24) is 5.32 Å². The normalized spacial score (nSPS) is 25.9. The molecule has 2 atom stereocenters. The molecule has 0 spiro atoms. The van der Waals surface area contributed by atoms with E-state index in [1.54, 1.807) is 0 Å². The number of fused-ring (bicyclic) bond motifs is 1. The monoisotopic (exact) mass is 293 g/mol. The van der Waals surface area contributed by atoms with Gasteiger partial charge in [-0.25, -0.2) is 0 Å². The molecule has 2 unspecified atom stereocenters. The lowest BCUT2D eigenvalue weighted by atomic mass is 9.90. The molecule has 1 aromatic carbocycles. The number of ether oxygens (including phenoxy) is 1. The zero-order valence-corrected chi connectivity index (χ0v) is 13.0. The maximum absolute atomic E-state index is 6.27. The summed E-state index contributed by atoms with van der Waals surface area (Å²) in [4.78, 5) is 0. The van der Waals surface area contributed by atoms with Crippen molar-refractivity contribution in [2.24, 2.45) is 5.92 Å². The molecule has 20 heavy (non-hydrogen) atoms. The summed E-state index contributed by atoms with van der Waals surface area (Å²) in [5, 5.41) is 4.33. The van der Waals surface area contributed by atoms with Crippen LogP contribution in [-0.2, 0) is 12.8 Å². The molecule has 1 aliphatic carbocycles. The molecule has 0 aromatic heterocycles. The first kappa shape index (κ1) is 14.2. The van der Waals surface area contributed by atoms with Crippen molar-refractivity contribution in [3.05, 3.63) is 28.3 Å². The smallest absolute Gasteiger partial charge is 0.125 e. The van der Waals surface area contributed by atoms with Crippen LogP contribution in [0.25, 0.3) is 0 Å². The van der Waals surface area contributed by atoms with Gasteiger partial charge >= 0.3 is 0 Å². The second kappa shape index (κ2) is 6.36. The fraction of sp³-hybridized carbons (Fsp3) is 0.647. The number of hydrogen-bond acceptors (Lipinski definition) is 2. The van der Waals surface area contributed by atoms with E-state index in [1.165, 1.54) is 43.2 Å². The number of halogens is 1. The number of rotatable bonds is 3. The van der Waals surface area contributed by atoms with E-state index in [0.717, 1.165) is 36.1 Å². The molecule has 0 saturated heterocycles. The predicted octanol–water partition coefficient (Wildman–Crippen LogP) is 3.99. The summed E-state index contributed by atoms with van der Waals surface area (Å²) in [6.45, 7) is 0.812. The van der Waals surface area contributed by atoms with Crippen molar-refractivity contribution in [3.63, 3.8) is 0 Å². The summed E-state index contributed by atoms with van der Waals surface area (Å²) >= 11 is 6.27. The molecule has 1 N–H and O–H groups in total. The summed E-state index contributed by atoms with van der Waals surface area (Å²) in [6, 6.07) is 4.86. The first-order chi connectivity index (χ1) is 9.76. The second-order valence-electron chi connectivity index (χ2n) is 6.23. The Bertz CT molecular complexity index is 474. The molecule has 0 radical (unpaired) electrons. The van der Waals surface area contributed by atoms with Crippen molar-refractivity contribution in [2.45, 2.75) is 51.0 Å².